The quantitative estimate of drug-likeness (QED) is 0.210. The number of benzene rings is 2. The standard InChI is InChI=1S/C26H22N6O2S3/c1-30-13-17-10-19(6-9-21(17)28-30)32-25(33)22(16-4-7-20(8-5-16)34-26(35,36)37)24-23(29-32)18(11-27)14-31(24)12-15-2-3-15/h4-10,13-15,35-37H,2-3,12H2,1H3. The molecule has 0 bridgehead atoms. The van der Waals surface area contributed by atoms with E-state index in [-0.39, 0.29) is 5.56 Å². The highest BCUT2D eigenvalue weighted by molar-refractivity contribution is 8.16. The highest BCUT2D eigenvalue weighted by Gasteiger charge is 2.27. The van der Waals surface area contributed by atoms with E-state index >= 15 is 0 Å². The van der Waals surface area contributed by atoms with Crippen LogP contribution < -0.4 is 10.3 Å². The molecular formula is C26H22N6O2S3. The molecule has 3 heterocycles. The maximum Gasteiger partial charge on any atom is 0.281 e. The lowest BCUT2D eigenvalue weighted by atomic mass is 10.1. The van der Waals surface area contributed by atoms with E-state index in [2.05, 4.69) is 49.1 Å². The maximum absolute atomic E-state index is 14.1. The van der Waals surface area contributed by atoms with Crippen molar-refractivity contribution in [1.82, 2.24) is 24.1 Å². The predicted molar refractivity (Wildman–Crippen MR) is 153 cm³/mol. The van der Waals surface area contributed by atoms with Crippen LogP contribution in [-0.4, -0.2) is 27.7 Å². The SMILES string of the molecule is Cn1cc2cc(-n3nc4c(C#N)cn(CC5CC5)c4c(-c4ccc(OC(S)(S)S)cc4)c3=O)ccc2n1. The van der Waals surface area contributed by atoms with Gasteiger partial charge in [0.05, 0.1) is 27.8 Å². The number of ether oxygens (including phenoxy) is 1. The molecule has 1 aliphatic rings. The predicted octanol–water partition coefficient (Wildman–Crippen LogP) is 4.80. The van der Waals surface area contributed by atoms with Crippen LogP contribution in [0, 0.1) is 17.2 Å². The van der Waals surface area contributed by atoms with Gasteiger partial charge >= 0.3 is 0 Å². The van der Waals surface area contributed by atoms with Crippen LogP contribution in [0.4, 0.5) is 0 Å². The monoisotopic (exact) mass is 546 g/mol. The number of nitrogens with zero attached hydrogens (tertiary/aromatic N) is 6. The molecule has 0 saturated heterocycles. The Morgan fingerprint density at radius 2 is 1.86 bits per heavy atom. The first kappa shape index (κ1) is 24.0. The number of hydrogen-bond acceptors (Lipinski definition) is 8. The Bertz CT molecular complexity index is 1770. The molecule has 37 heavy (non-hydrogen) atoms. The second-order valence-corrected chi connectivity index (χ2v) is 12.2. The number of aryl methyl sites for hydroxylation is 1. The van der Waals surface area contributed by atoms with Crippen molar-refractivity contribution in [1.29, 1.82) is 5.26 Å². The van der Waals surface area contributed by atoms with Crippen molar-refractivity contribution in [2.75, 3.05) is 0 Å². The Hall–Kier alpha value is -3.33. The fraction of sp³-hybridized carbons (Fsp3) is 0.231. The van der Waals surface area contributed by atoms with Crippen LogP contribution in [0.5, 0.6) is 5.75 Å². The number of hydrogen-bond donors (Lipinski definition) is 3. The summed E-state index contributed by atoms with van der Waals surface area (Å²) < 4.78 is 9.45. The molecule has 5 aromatic rings. The summed E-state index contributed by atoms with van der Waals surface area (Å²) in [5.74, 6) is 1.04. The molecule has 0 N–H and O–H groups in total. The van der Waals surface area contributed by atoms with Gasteiger partial charge in [0, 0.05) is 31.4 Å². The van der Waals surface area contributed by atoms with Crippen LogP contribution in [0.3, 0.4) is 0 Å². The summed E-state index contributed by atoms with van der Waals surface area (Å²) in [6, 6.07) is 14.9. The van der Waals surface area contributed by atoms with Crippen molar-refractivity contribution in [3.8, 4) is 28.6 Å². The molecule has 186 valence electrons. The summed E-state index contributed by atoms with van der Waals surface area (Å²) in [6.07, 6.45) is 5.97. The van der Waals surface area contributed by atoms with Crippen LogP contribution in [-0.2, 0) is 13.6 Å². The third-order valence-electron chi connectivity index (χ3n) is 6.41. The molecular weight excluding hydrogens is 525 g/mol. The fourth-order valence-electron chi connectivity index (χ4n) is 4.62. The minimum Gasteiger partial charge on any atom is -0.459 e. The number of nitriles is 1. The van der Waals surface area contributed by atoms with Crippen LogP contribution >= 0.6 is 37.9 Å². The molecule has 6 rings (SSSR count). The van der Waals surface area contributed by atoms with Gasteiger partial charge in [0.2, 0.25) is 3.60 Å². The zero-order chi connectivity index (χ0) is 25.9. The summed E-state index contributed by atoms with van der Waals surface area (Å²) in [4.78, 5) is 14.1. The summed E-state index contributed by atoms with van der Waals surface area (Å²) in [7, 11) is 1.85. The van der Waals surface area contributed by atoms with Crippen LogP contribution in [0.25, 0.3) is 38.8 Å². The van der Waals surface area contributed by atoms with Gasteiger partial charge in [-0.2, -0.15) is 20.1 Å². The maximum atomic E-state index is 14.1. The Labute approximate surface area is 228 Å². The number of aromatic nitrogens is 5. The van der Waals surface area contributed by atoms with E-state index in [0.717, 1.165) is 30.3 Å². The second-order valence-electron chi connectivity index (χ2n) is 9.29. The van der Waals surface area contributed by atoms with Crippen LogP contribution in [0.1, 0.15) is 18.4 Å². The molecule has 1 saturated carbocycles. The van der Waals surface area contributed by atoms with Gasteiger partial charge in [-0.1, -0.05) is 12.1 Å². The van der Waals surface area contributed by atoms with Gasteiger partial charge in [-0.05, 0) is 54.7 Å². The molecule has 3 aromatic heterocycles. The van der Waals surface area contributed by atoms with Gasteiger partial charge in [-0.25, -0.2) is 0 Å². The zero-order valence-corrected chi connectivity index (χ0v) is 22.4. The minimum absolute atomic E-state index is 0.282. The van der Waals surface area contributed by atoms with E-state index in [1.807, 2.05) is 54.3 Å². The van der Waals surface area contributed by atoms with E-state index in [1.54, 1.807) is 16.8 Å². The minimum atomic E-state index is -1.25. The molecule has 1 aliphatic carbocycles. The average Bonchev–Trinajstić information content (AvgIpc) is 3.48. The topological polar surface area (TPSA) is 90.7 Å². The number of fused-ring (bicyclic) bond motifs is 2. The third-order valence-corrected chi connectivity index (χ3v) is 6.69. The van der Waals surface area contributed by atoms with Gasteiger partial charge in [0.15, 0.2) is 0 Å². The molecule has 0 aliphatic heterocycles. The van der Waals surface area contributed by atoms with Gasteiger partial charge < -0.3 is 9.30 Å². The van der Waals surface area contributed by atoms with E-state index in [9.17, 15) is 10.1 Å². The molecule has 2 aromatic carbocycles. The van der Waals surface area contributed by atoms with Crippen LogP contribution in [0.15, 0.2) is 59.7 Å². The normalized spacial score (nSPS) is 13.8. The van der Waals surface area contributed by atoms with Crippen LogP contribution in [0.2, 0.25) is 0 Å². The molecule has 0 spiro atoms. The Morgan fingerprint density at radius 1 is 1.11 bits per heavy atom. The van der Waals surface area contributed by atoms with Crippen molar-refractivity contribution in [3.63, 3.8) is 0 Å². The largest absolute Gasteiger partial charge is 0.459 e. The smallest absolute Gasteiger partial charge is 0.281 e. The van der Waals surface area contributed by atoms with E-state index in [0.29, 0.717) is 45.1 Å². The summed E-state index contributed by atoms with van der Waals surface area (Å²) in [5.41, 5.74) is 3.87. The highest BCUT2D eigenvalue weighted by atomic mass is 32.2. The van der Waals surface area contributed by atoms with E-state index in [4.69, 9.17) is 9.84 Å². The van der Waals surface area contributed by atoms with Gasteiger partial charge in [-0.3, -0.25) is 9.48 Å². The molecule has 0 amide bonds. The Balaban J connectivity index is 1.60. The van der Waals surface area contributed by atoms with Gasteiger partial charge in [-0.15, -0.1) is 37.9 Å². The first-order valence-electron chi connectivity index (χ1n) is 11.7. The van der Waals surface area contributed by atoms with Crippen molar-refractivity contribution >= 4 is 59.8 Å². The van der Waals surface area contributed by atoms with Crippen molar-refractivity contribution < 1.29 is 4.74 Å². The molecule has 11 heteroatoms. The van der Waals surface area contributed by atoms with Crippen molar-refractivity contribution in [2.45, 2.75) is 23.0 Å². The molecule has 0 unspecified atom stereocenters. The molecule has 8 nitrogen and oxygen atoms in total. The summed E-state index contributed by atoms with van der Waals surface area (Å²) in [6.45, 7) is 0.737. The molecule has 0 radical (unpaired) electrons. The number of thiol groups is 3. The van der Waals surface area contributed by atoms with E-state index < -0.39 is 3.60 Å². The first-order valence-corrected chi connectivity index (χ1v) is 13.0. The molecule has 1 fully saturated rings. The zero-order valence-electron chi connectivity index (χ0n) is 19.7. The van der Waals surface area contributed by atoms with Gasteiger partial charge in [0.1, 0.15) is 17.3 Å². The molecule has 0 atom stereocenters. The van der Waals surface area contributed by atoms with Crippen molar-refractivity contribution in [2.24, 2.45) is 13.0 Å². The highest BCUT2D eigenvalue weighted by Crippen LogP contribution is 2.36. The first-order chi connectivity index (χ1) is 17.7. The number of rotatable bonds is 6. The van der Waals surface area contributed by atoms with E-state index in [1.165, 1.54) is 4.68 Å². The average molecular weight is 547 g/mol. The lowest BCUT2D eigenvalue weighted by Crippen LogP contribution is -2.24. The Morgan fingerprint density at radius 3 is 2.54 bits per heavy atom. The fourth-order valence-corrected chi connectivity index (χ4v) is 4.93. The second kappa shape index (κ2) is 8.90. The van der Waals surface area contributed by atoms with Gasteiger partial charge in [0.25, 0.3) is 5.56 Å². The third kappa shape index (κ3) is 4.61. The van der Waals surface area contributed by atoms with Crippen molar-refractivity contribution in [3.05, 3.63) is 70.8 Å². The summed E-state index contributed by atoms with van der Waals surface area (Å²) >= 11 is 12.5. The lowest BCUT2D eigenvalue weighted by molar-refractivity contribution is 0.345. The Kier molecular flexibility index (Phi) is 5.78. The summed E-state index contributed by atoms with van der Waals surface area (Å²) in [5, 5.41) is 20.0. The lowest BCUT2D eigenvalue weighted by Gasteiger charge is -2.18.